The maximum atomic E-state index is 13.2. The van der Waals surface area contributed by atoms with Crippen LogP contribution in [0, 0.1) is 17.6 Å². The molecule has 232 valence electrons. The molecule has 9 nitrogen and oxygen atoms in total. The molecule has 3 heterocycles. The molecule has 2 unspecified atom stereocenters. The van der Waals surface area contributed by atoms with Gasteiger partial charge in [-0.15, -0.1) is 0 Å². The van der Waals surface area contributed by atoms with Crippen molar-refractivity contribution in [2.24, 2.45) is 5.92 Å². The molecule has 0 radical (unpaired) electrons. The second kappa shape index (κ2) is 17.9. The molecule has 16 heteroatoms. The van der Waals surface area contributed by atoms with Crippen LogP contribution in [0.2, 0.25) is 0 Å². The molecule has 3 aliphatic heterocycles. The summed E-state index contributed by atoms with van der Waals surface area (Å²) >= 11 is 9.54. The van der Waals surface area contributed by atoms with Crippen LogP contribution < -0.4 is 22.7 Å². The number of carboxylic acid groups (broad SMARTS) is 1. The summed E-state index contributed by atoms with van der Waals surface area (Å²) in [6, 6.07) is 8.10. The number of ketones is 1. The van der Waals surface area contributed by atoms with E-state index in [4.69, 9.17) is 24.1 Å². The van der Waals surface area contributed by atoms with E-state index in [1.54, 1.807) is 0 Å². The van der Waals surface area contributed by atoms with Gasteiger partial charge in [-0.2, -0.15) is 0 Å². The van der Waals surface area contributed by atoms with E-state index in [1.165, 1.54) is 50.2 Å². The van der Waals surface area contributed by atoms with Crippen molar-refractivity contribution in [2.45, 2.75) is 57.5 Å². The maximum absolute atomic E-state index is 13.2. The number of carboxylic acids is 1. The Morgan fingerprint density at radius 3 is 1.69 bits per heavy atom. The minimum absolute atomic E-state index is 0.246. The van der Waals surface area contributed by atoms with Crippen LogP contribution in [-0.4, -0.2) is 46.8 Å². The Bertz CT molecular complexity index is 1270. The molecule has 5 rings (SSSR count). The molecule has 42 heavy (non-hydrogen) atoms. The zero-order valence-corrected chi connectivity index (χ0v) is 32.7. The van der Waals surface area contributed by atoms with E-state index < -0.39 is 53.4 Å². The predicted octanol–water partition coefficient (Wildman–Crippen LogP) is 3.69. The molecule has 0 saturated carbocycles. The average Bonchev–Trinajstić information content (AvgIpc) is 2.93. The van der Waals surface area contributed by atoms with Crippen LogP contribution in [-0.2, 0) is 41.5 Å². The van der Waals surface area contributed by atoms with Crippen molar-refractivity contribution in [3.8, 4) is 11.5 Å². The Balaban J connectivity index is 0.000000276. The number of hydrogen-bond donors (Lipinski definition) is 1. The smallest absolute Gasteiger partial charge is 0.344 e. The third-order valence-electron chi connectivity index (χ3n) is 5.98. The van der Waals surface area contributed by atoms with Crippen LogP contribution in [0.5, 0.6) is 11.5 Å². The molecule has 2 atom stereocenters. The van der Waals surface area contributed by atoms with Crippen LogP contribution >= 0.6 is 74.5 Å². The van der Waals surface area contributed by atoms with Crippen molar-refractivity contribution < 1.29 is 65.3 Å². The van der Waals surface area contributed by atoms with Gasteiger partial charge in [-0.1, -0.05) is 0 Å². The molecule has 1 fully saturated rings. The predicted molar refractivity (Wildman–Crippen MR) is 177 cm³/mol. The van der Waals surface area contributed by atoms with Crippen LogP contribution in [0.25, 0.3) is 0 Å². The number of benzene rings is 2. The largest absolute Gasteiger partial charge is 0.479 e. The first-order valence-electron chi connectivity index (χ1n) is 12.0. The van der Waals surface area contributed by atoms with Crippen molar-refractivity contribution in [3.63, 3.8) is 0 Å². The van der Waals surface area contributed by atoms with E-state index in [0.29, 0.717) is 49.6 Å². The fraction of sp³-hybridized carbons (Fsp3) is 0.385. The Hall–Kier alpha value is -0.370. The zero-order valence-electron chi connectivity index (χ0n) is 21.9. The number of cyclic esters (lactones) is 2. The quantitative estimate of drug-likeness (QED) is 0.279. The van der Waals surface area contributed by atoms with Gasteiger partial charge in [0.15, 0.2) is 18.0 Å². The van der Waals surface area contributed by atoms with Gasteiger partial charge in [-0.05, 0) is 73.2 Å². The number of carbonyl (C=O) groups is 4. The Morgan fingerprint density at radius 1 is 0.857 bits per heavy atom. The second-order valence-corrected chi connectivity index (χ2v) is 25.5. The number of fused-ring (bicyclic) bond motifs is 2. The topological polar surface area (TPSA) is 125 Å². The van der Waals surface area contributed by atoms with Crippen molar-refractivity contribution in [2.75, 3.05) is 0 Å². The Kier molecular flexibility index (Phi) is 16.2. The Morgan fingerprint density at radius 2 is 1.26 bits per heavy atom. The molecule has 2 aromatic rings. The summed E-state index contributed by atoms with van der Waals surface area (Å²) < 4.78 is 46.5. The van der Waals surface area contributed by atoms with Crippen LogP contribution in [0.15, 0.2) is 36.4 Å². The van der Waals surface area contributed by atoms with Gasteiger partial charge in [-0.3, -0.25) is 14.4 Å². The van der Waals surface area contributed by atoms with Crippen molar-refractivity contribution in [1.29, 1.82) is 0 Å². The van der Waals surface area contributed by atoms with Crippen LogP contribution in [0.3, 0.4) is 0 Å². The monoisotopic (exact) mass is 1150 g/mol. The Labute approximate surface area is 293 Å². The van der Waals surface area contributed by atoms with E-state index in [1.807, 2.05) is 0 Å². The van der Waals surface area contributed by atoms with E-state index >= 15 is 0 Å². The first kappa shape index (κ1) is 37.8. The van der Waals surface area contributed by atoms with Gasteiger partial charge >= 0.3 is 68.4 Å². The first-order valence-corrected chi connectivity index (χ1v) is 30.8. The molecule has 0 spiro atoms. The normalized spacial score (nSPS) is 20.0. The maximum Gasteiger partial charge on any atom is 0.344 e. The number of ether oxygens (including phenoxy) is 4. The summed E-state index contributed by atoms with van der Waals surface area (Å²) in [7, 11) is 0. The fourth-order valence-corrected chi connectivity index (χ4v) is 4.23. The number of aryl methyl sites for hydroxylation is 2. The van der Waals surface area contributed by atoms with Crippen LogP contribution in [0.1, 0.15) is 37.8 Å². The minimum Gasteiger partial charge on any atom is -0.479 e. The molecule has 0 bridgehead atoms. The van der Waals surface area contributed by atoms with Gasteiger partial charge in [0.2, 0.25) is 5.92 Å². The third kappa shape index (κ3) is 10.9. The van der Waals surface area contributed by atoms with Gasteiger partial charge in [0.25, 0.3) is 5.79 Å². The molecule has 1 N–H and O–H groups in total. The van der Waals surface area contributed by atoms with E-state index in [2.05, 4.69) is 74.5 Å². The molecule has 0 aromatic heterocycles. The fourth-order valence-electron chi connectivity index (χ4n) is 4.23. The number of hydrogen-bond acceptors (Lipinski definition) is 8. The van der Waals surface area contributed by atoms with Crippen molar-refractivity contribution in [1.82, 2.24) is 0 Å². The molecule has 0 aliphatic carbocycles. The molecule has 1 saturated heterocycles. The third-order valence-corrected chi connectivity index (χ3v) is 5.98. The van der Waals surface area contributed by atoms with Gasteiger partial charge in [0.1, 0.15) is 23.1 Å². The van der Waals surface area contributed by atoms with Gasteiger partial charge < -0.3 is 24.1 Å². The van der Waals surface area contributed by atoms with Crippen molar-refractivity contribution in [3.05, 3.63) is 59.2 Å². The SMILES string of the molecule is CC1(C)OC(=O)C(C(=O)C2CCc3cc(F)ccc3O2)C(=O)O1.II.I[I-]I.O=C(O)C1CCc2cc(F)ccc2O1. The van der Waals surface area contributed by atoms with Crippen molar-refractivity contribution >= 4 is 98.2 Å². The average molecular weight is 1150 g/mol. The molecule has 3 aliphatic rings. The van der Waals surface area contributed by atoms with Crippen LogP contribution in [0.4, 0.5) is 8.78 Å². The summed E-state index contributed by atoms with van der Waals surface area (Å²) in [5.74, 6) is -6.45. The number of rotatable bonds is 3. The molecular weight excluding hydrogens is 1130 g/mol. The standard InChI is InChI=1S/C16H15FO6.C10H9FO3.I3.I2/c1-16(2)22-14(19)12(15(20)23-16)13(18)11-5-3-8-7-9(17)4-6-10(8)21-11;11-7-2-4-8-6(5-7)1-3-9(14-8)10(12)13;1-3-2;1-2/h4,6-7,11-12H,3,5H2,1-2H3;2,4-5,9H,1,3H2,(H,12,13);;/q;;-1;. The summed E-state index contributed by atoms with van der Waals surface area (Å²) in [4.78, 5) is 47.0. The minimum atomic E-state index is -1.64. The number of esters is 2. The van der Waals surface area contributed by atoms with E-state index in [0.717, 1.165) is 5.56 Å². The van der Waals surface area contributed by atoms with E-state index in [-0.39, 0.29) is 12.2 Å². The van der Waals surface area contributed by atoms with Gasteiger partial charge in [-0.25, -0.2) is 13.6 Å². The number of halogens is 7. The molecule has 2 aromatic carbocycles. The van der Waals surface area contributed by atoms with Gasteiger partial charge in [0.05, 0.1) is 0 Å². The molecule has 0 amide bonds. The molecular formula is C26H24F2I5O9-. The number of Topliss-reactive ketones (excluding diaryl/α,β-unsaturated/α-hetero) is 1. The first-order chi connectivity index (χ1) is 19.8. The summed E-state index contributed by atoms with van der Waals surface area (Å²) in [5, 5.41) is 8.72. The second-order valence-electron chi connectivity index (χ2n) is 9.26. The number of carbonyl (C=O) groups excluding carboxylic acids is 3. The van der Waals surface area contributed by atoms with E-state index in [9.17, 15) is 28.0 Å². The summed E-state index contributed by atoms with van der Waals surface area (Å²) in [5.41, 5.74) is 1.38. The zero-order chi connectivity index (χ0) is 31.6. The summed E-state index contributed by atoms with van der Waals surface area (Å²) in [6.45, 7) is 2.82. The summed E-state index contributed by atoms with van der Waals surface area (Å²) in [6.07, 6.45) is -0.176. The number of aliphatic carboxylic acids is 1. The van der Waals surface area contributed by atoms with Gasteiger partial charge in [0, 0.05) is 51.1 Å².